The topological polar surface area (TPSA) is 126 Å². The molecule has 0 aromatic rings. The summed E-state index contributed by atoms with van der Waals surface area (Å²) in [4.78, 5) is 8.56. The summed E-state index contributed by atoms with van der Waals surface area (Å²) in [6, 6.07) is 0. The second-order valence-corrected chi connectivity index (χ2v) is 0.897. The molecule has 0 heterocycles. The minimum absolute atomic E-state index is 1.81. The summed E-state index contributed by atoms with van der Waals surface area (Å²) in [6.07, 6.45) is -1.83. The molecule has 0 atom stereocenters. The van der Waals surface area contributed by atoms with Gasteiger partial charge in [0.1, 0.15) is 0 Å². The van der Waals surface area contributed by atoms with Crippen LogP contribution in [0.25, 0.3) is 0 Å². The van der Waals surface area contributed by atoms with E-state index in [-0.39, 0.29) is 0 Å². The fraction of sp³-hybridized carbons (Fsp3) is 0. The van der Waals surface area contributed by atoms with Gasteiger partial charge in [-0.2, -0.15) is 0 Å². The molecule has 0 aromatic heterocycles. The molecule has 9 heteroatoms. The van der Waals surface area contributed by atoms with Crippen LogP contribution in [-0.2, 0) is 47.1 Å². The summed E-state index contributed by atoms with van der Waals surface area (Å²) in [6.45, 7) is 0. The molecule has 0 radical (unpaired) electrons. The Kier molecular flexibility index (Phi) is 38.2. The number of carboxylic acid groups (broad SMARTS) is 2. The fourth-order valence-electron chi connectivity index (χ4n) is 0. The van der Waals surface area contributed by atoms with E-state index in [1.807, 2.05) is 0 Å². The standard InChI is InChI=1S/CH2O3.4O.2V/c2-1(3)4;;;;;;/h(H2,2,3,4);;;;;;. The number of hydrogen-bond acceptors (Lipinski definition) is 5. The molecule has 0 spiro atoms. The van der Waals surface area contributed by atoms with Crippen LogP contribution in [0.1, 0.15) is 0 Å². The number of rotatable bonds is 0. The van der Waals surface area contributed by atoms with Crippen LogP contribution in [0.15, 0.2) is 0 Å². The summed E-state index contributed by atoms with van der Waals surface area (Å²) >= 11 is -3.62. The maximum absolute atomic E-state index is 8.56. The molecule has 0 saturated heterocycles. The van der Waals surface area contributed by atoms with E-state index in [4.69, 9.17) is 29.7 Å². The van der Waals surface area contributed by atoms with Crippen LogP contribution in [0, 0.1) is 0 Å². The minimum atomic E-state index is -1.83. The van der Waals surface area contributed by atoms with Gasteiger partial charge >= 0.3 is 53.2 Å². The third kappa shape index (κ3) is 2580. The Morgan fingerprint density at radius 3 is 0.900 bits per heavy atom. The van der Waals surface area contributed by atoms with Gasteiger partial charge in [-0.15, -0.1) is 0 Å². The van der Waals surface area contributed by atoms with E-state index in [9.17, 15) is 0 Å². The zero-order valence-corrected chi connectivity index (χ0v) is 7.12. The second-order valence-electron chi connectivity index (χ2n) is 0.432. The zero-order chi connectivity index (χ0) is 8.99. The Morgan fingerprint density at radius 1 is 0.900 bits per heavy atom. The fourth-order valence-corrected chi connectivity index (χ4v) is 0. The summed E-state index contributed by atoms with van der Waals surface area (Å²) in [5.41, 5.74) is 0. The van der Waals surface area contributed by atoms with Gasteiger partial charge in [-0.3, -0.25) is 0 Å². The molecule has 58 valence electrons. The van der Waals surface area contributed by atoms with Crippen molar-refractivity contribution in [3.8, 4) is 0 Å². The van der Waals surface area contributed by atoms with Crippen molar-refractivity contribution < 1.29 is 62.1 Å². The molecule has 0 aliphatic carbocycles. The van der Waals surface area contributed by atoms with Gasteiger partial charge in [-0.1, -0.05) is 0 Å². The van der Waals surface area contributed by atoms with Crippen molar-refractivity contribution in [2.75, 3.05) is 0 Å². The van der Waals surface area contributed by atoms with Crippen molar-refractivity contribution in [2.45, 2.75) is 0 Å². The maximum atomic E-state index is 8.56. The molecule has 0 rings (SSSR count). The molecule has 2 N–H and O–H groups in total. The number of carbonyl (C=O) groups is 1. The van der Waals surface area contributed by atoms with Crippen molar-refractivity contribution in [1.82, 2.24) is 0 Å². The first-order valence-corrected chi connectivity index (χ1v) is 3.66. The van der Waals surface area contributed by atoms with E-state index in [2.05, 4.69) is 0 Å². The van der Waals surface area contributed by atoms with Crippen LogP contribution in [0.4, 0.5) is 4.79 Å². The predicted molar refractivity (Wildman–Crippen MR) is 13.4 cm³/mol. The summed E-state index contributed by atoms with van der Waals surface area (Å²) in [7, 11) is 0. The van der Waals surface area contributed by atoms with Gasteiger partial charge in [0.05, 0.1) is 0 Å². The first-order valence-electron chi connectivity index (χ1n) is 1.38. The Hall–Kier alpha value is -0.361. The predicted octanol–water partition coefficient (Wildman–Crippen LogP) is -0.258. The average molecular weight is 228 g/mol. The second kappa shape index (κ2) is 23.4. The molecular weight excluding hydrogens is 226 g/mol. The SMILES string of the molecule is O=C(O)O.[O]=[V]=[O].[O]=[V]=[O]. The van der Waals surface area contributed by atoms with Gasteiger partial charge in [0, 0.05) is 0 Å². The molecule has 7 nitrogen and oxygen atoms in total. The molecule has 0 aliphatic rings. The molecule has 0 fully saturated rings. The van der Waals surface area contributed by atoms with Crippen LogP contribution in [-0.4, -0.2) is 16.4 Å². The third-order valence-corrected chi connectivity index (χ3v) is 0. The van der Waals surface area contributed by atoms with Gasteiger partial charge in [-0.25, -0.2) is 4.79 Å². The van der Waals surface area contributed by atoms with Crippen LogP contribution in [0.2, 0.25) is 0 Å². The summed E-state index contributed by atoms with van der Waals surface area (Å²) in [5.74, 6) is 0. The van der Waals surface area contributed by atoms with Crippen molar-refractivity contribution in [1.29, 1.82) is 0 Å². The van der Waals surface area contributed by atoms with Crippen LogP contribution in [0.5, 0.6) is 0 Å². The molecule has 0 unspecified atom stereocenters. The van der Waals surface area contributed by atoms with E-state index in [1.54, 1.807) is 0 Å². The third-order valence-electron chi connectivity index (χ3n) is 0. The van der Waals surface area contributed by atoms with Crippen molar-refractivity contribution in [3.63, 3.8) is 0 Å². The summed E-state index contributed by atoms with van der Waals surface area (Å²) in [5, 5.41) is 13.9. The molecular formula is CH2O7V2. The summed E-state index contributed by atoms with van der Waals surface area (Å²) < 4.78 is 33.9. The van der Waals surface area contributed by atoms with Gasteiger partial charge in [-0.05, 0) is 0 Å². The first-order chi connectivity index (χ1) is 4.56. The van der Waals surface area contributed by atoms with E-state index in [0.717, 1.165) is 0 Å². The van der Waals surface area contributed by atoms with Gasteiger partial charge in [0.15, 0.2) is 0 Å². The molecule has 0 aliphatic heterocycles. The van der Waals surface area contributed by atoms with Gasteiger partial charge in [0.25, 0.3) is 0 Å². The Balaban J connectivity index is -0.0000000750. The Morgan fingerprint density at radius 2 is 0.900 bits per heavy atom. The molecule has 0 amide bonds. The van der Waals surface area contributed by atoms with Crippen molar-refractivity contribution in [3.05, 3.63) is 0 Å². The van der Waals surface area contributed by atoms with Gasteiger partial charge < -0.3 is 10.2 Å². The first kappa shape index (κ1) is 16.3. The zero-order valence-electron chi connectivity index (χ0n) is 4.33. The van der Waals surface area contributed by atoms with Crippen LogP contribution >= 0.6 is 0 Å². The number of hydrogen-bond donors (Lipinski definition) is 2. The monoisotopic (exact) mass is 228 g/mol. The molecule has 0 bridgehead atoms. The van der Waals surface area contributed by atoms with E-state index < -0.39 is 38.5 Å². The van der Waals surface area contributed by atoms with Crippen molar-refractivity contribution in [2.24, 2.45) is 0 Å². The quantitative estimate of drug-likeness (QED) is 0.584. The Labute approximate surface area is 68.5 Å². The van der Waals surface area contributed by atoms with E-state index in [1.165, 1.54) is 0 Å². The normalized spacial score (nSPS) is 4.00. The van der Waals surface area contributed by atoms with Gasteiger partial charge in [0.2, 0.25) is 0 Å². The van der Waals surface area contributed by atoms with E-state index >= 15 is 0 Å². The molecule has 0 aromatic carbocycles. The van der Waals surface area contributed by atoms with Crippen molar-refractivity contribution >= 4 is 6.16 Å². The average Bonchev–Trinajstić information content (AvgIpc) is 1.65. The van der Waals surface area contributed by atoms with Crippen LogP contribution in [0.3, 0.4) is 0 Å². The molecule has 0 saturated carbocycles. The van der Waals surface area contributed by atoms with E-state index in [0.29, 0.717) is 0 Å². The van der Waals surface area contributed by atoms with Crippen LogP contribution < -0.4 is 0 Å². The Bertz CT molecular complexity index is 122. The molecule has 10 heavy (non-hydrogen) atoms.